The number of anilines is 1. The molecule has 0 radical (unpaired) electrons. The molecule has 2 N–H and O–H groups in total. The van der Waals surface area contributed by atoms with Crippen molar-refractivity contribution in [2.45, 2.75) is 17.3 Å². The summed E-state index contributed by atoms with van der Waals surface area (Å²) in [6.07, 6.45) is 0. The fourth-order valence-electron chi connectivity index (χ4n) is 2.11. The van der Waals surface area contributed by atoms with Crippen LogP contribution in [-0.2, 0) is 4.79 Å². The molecule has 0 spiro atoms. The number of rotatable bonds is 5. The van der Waals surface area contributed by atoms with Crippen LogP contribution in [0.25, 0.3) is 11.4 Å². The van der Waals surface area contributed by atoms with Crippen LogP contribution in [-0.4, -0.2) is 26.3 Å². The quantitative estimate of drug-likeness (QED) is 0.688. The lowest BCUT2D eigenvalue weighted by molar-refractivity contribution is -0.115. The smallest absolute Gasteiger partial charge is 0.237 e. The number of nitrogens with zero attached hydrogens (tertiary/aromatic N) is 3. The van der Waals surface area contributed by atoms with Crippen molar-refractivity contribution in [3.63, 3.8) is 0 Å². The van der Waals surface area contributed by atoms with E-state index in [9.17, 15) is 4.79 Å². The Balaban J connectivity index is 1.61. The van der Waals surface area contributed by atoms with E-state index in [1.807, 2.05) is 36.4 Å². The molecule has 2 aromatic carbocycles. The topological polar surface area (TPSA) is 94.5 Å². The lowest BCUT2D eigenvalue weighted by atomic mass is 10.2. The Kier molecular flexibility index (Phi) is 5.11. The monoisotopic (exact) mass is 349 g/mol. The van der Waals surface area contributed by atoms with Gasteiger partial charge < -0.3 is 5.32 Å². The number of H-pyrrole nitrogens is 1. The van der Waals surface area contributed by atoms with Gasteiger partial charge in [0.1, 0.15) is 0 Å². The molecular weight excluding hydrogens is 334 g/mol. The molecule has 25 heavy (non-hydrogen) atoms. The van der Waals surface area contributed by atoms with Gasteiger partial charge in [-0.2, -0.15) is 5.26 Å². The SMILES string of the molecule is C[C@H](Sc1n[nH]c(-c2ccccc2)n1)C(=O)Nc1ccc(C#N)cc1. The van der Waals surface area contributed by atoms with Crippen LogP contribution in [0, 0.1) is 11.3 Å². The molecule has 0 unspecified atom stereocenters. The van der Waals surface area contributed by atoms with E-state index in [1.165, 1.54) is 11.8 Å². The molecule has 0 aliphatic carbocycles. The number of amides is 1. The number of thioether (sulfide) groups is 1. The number of aromatic amines is 1. The van der Waals surface area contributed by atoms with Gasteiger partial charge >= 0.3 is 0 Å². The second kappa shape index (κ2) is 7.64. The average molecular weight is 349 g/mol. The summed E-state index contributed by atoms with van der Waals surface area (Å²) in [6, 6.07) is 18.4. The summed E-state index contributed by atoms with van der Waals surface area (Å²) in [6.45, 7) is 1.79. The molecule has 3 rings (SSSR count). The standard InChI is InChI=1S/C18H15N5OS/c1-12(17(24)20-15-9-7-13(11-19)8-10-15)25-18-21-16(22-23-18)14-5-3-2-4-6-14/h2-10,12H,1H3,(H,20,24)(H,21,22,23)/t12-/m0/s1. The van der Waals surface area contributed by atoms with E-state index in [-0.39, 0.29) is 11.2 Å². The second-order valence-corrected chi connectivity index (χ2v) is 6.58. The lowest BCUT2D eigenvalue weighted by Crippen LogP contribution is -2.22. The van der Waals surface area contributed by atoms with Crippen molar-refractivity contribution >= 4 is 23.4 Å². The maximum atomic E-state index is 12.3. The van der Waals surface area contributed by atoms with E-state index in [0.29, 0.717) is 22.2 Å². The van der Waals surface area contributed by atoms with Gasteiger partial charge in [0.2, 0.25) is 11.1 Å². The molecule has 1 heterocycles. The normalized spacial score (nSPS) is 11.5. The third-order valence-electron chi connectivity index (χ3n) is 3.45. The number of hydrogen-bond acceptors (Lipinski definition) is 5. The minimum Gasteiger partial charge on any atom is -0.325 e. The summed E-state index contributed by atoms with van der Waals surface area (Å²) in [4.78, 5) is 16.7. The summed E-state index contributed by atoms with van der Waals surface area (Å²) in [5, 5.41) is 18.8. The minimum absolute atomic E-state index is 0.152. The van der Waals surface area contributed by atoms with Crippen molar-refractivity contribution in [3.8, 4) is 17.5 Å². The summed E-state index contributed by atoms with van der Waals surface area (Å²) in [7, 11) is 0. The van der Waals surface area contributed by atoms with Crippen molar-refractivity contribution in [1.82, 2.24) is 15.2 Å². The predicted octanol–water partition coefficient (Wildman–Crippen LogP) is 3.46. The number of aromatic nitrogens is 3. The molecule has 124 valence electrons. The molecule has 0 aliphatic rings. The number of carbonyl (C=O) groups excluding carboxylic acids is 1. The summed E-state index contributed by atoms with van der Waals surface area (Å²) in [5.41, 5.74) is 2.14. The number of carbonyl (C=O) groups is 1. The first-order valence-corrected chi connectivity index (χ1v) is 8.49. The highest BCUT2D eigenvalue weighted by Crippen LogP contribution is 2.23. The van der Waals surface area contributed by atoms with Crippen molar-refractivity contribution in [2.75, 3.05) is 5.32 Å². The van der Waals surface area contributed by atoms with Gasteiger partial charge in [0.25, 0.3) is 0 Å². The Labute approximate surface area is 149 Å². The van der Waals surface area contributed by atoms with Gasteiger partial charge in [0, 0.05) is 11.3 Å². The molecule has 7 heteroatoms. The fourth-order valence-corrected chi connectivity index (χ4v) is 2.83. The molecule has 0 fully saturated rings. The lowest BCUT2D eigenvalue weighted by Gasteiger charge is -2.10. The van der Waals surface area contributed by atoms with Crippen molar-refractivity contribution in [3.05, 3.63) is 60.2 Å². The van der Waals surface area contributed by atoms with Gasteiger partial charge in [-0.05, 0) is 31.2 Å². The first-order chi connectivity index (χ1) is 12.2. The Bertz CT molecular complexity index is 899. The van der Waals surface area contributed by atoms with Crippen LogP contribution in [0.4, 0.5) is 5.69 Å². The summed E-state index contributed by atoms with van der Waals surface area (Å²) in [5.74, 6) is 0.517. The summed E-state index contributed by atoms with van der Waals surface area (Å²) < 4.78 is 0. The maximum absolute atomic E-state index is 12.3. The highest BCUT2D eigenvalue weighted by molar-refractivity contribution is 8.00. The number of nitriles is 1. The highest BCUT2D eigenvalue weighted by Gasteiger charge is 2.17. The Morgan fingerprint density at radius 2 is 1.92 bits per heavy atom. The fraction of sp³-hybridized carbons (Fsp3) is 0.111. The van der Waals surface area contributed by atoms with Crippen molar-refractivity contribution < 1.29 is 4.79 Å². The molecule has 1 atom stereocenters. The van der Waals surface area contributed by atoms with Crippen LogP contribution in [0.3, 0.4) is 0 Å². The first-order valence-electron chi connectivity index (χ1n) is 7.61. The van der Waals surface area contributed by atoms with Crippen LogP contribution in [0.1, 0.15) is 12.5 Å². The predicted molar refractivity (Wildman–Crippen MR) is 96.9 cm³/mol. The van der Waals surface area contributed by atoms with E-state index in [0.717, 1.165) is 5.56 Å². The largest absolute Gasteiger partial charge is 0.325 e. The van der Waals surface area contributed by atoms with Crippen LogP contribution in [0.2, 0.25) is 0 Å². The van der Waals surface area contributed by atoms with E-state index < -0.39 is 0 Å². The maximum Gasteiger partial charge on any atom is 0.237 e. The van der Waals surface area contributed by atoms with Gasteiger partial charge in [0.05, 0.1) is 16.9 Å². The molecule has 6 nitrogen and oxygen atoms in total. The Hall–Kier alpha value is -3.11. The van der Waals surface area contributed by atoms with E-state index >= 15 is 0 Å². The minimum atomic E-state index is -0.366. The van der Waals surface area contributed by atoms with Gasteiger partial charge in [-0.1, -0.05) is 42.1 Å². The highest BCUT2D eigenvalue weighted by atomic mass is 32.2. The molecule has 1 amide bonds. The molecule has 0 aliphatic heterocycles. The third-order valence-corrected chi connectivity index (χ3v) is 4.41. The molecule has 1 aromatic heterocycles. The van der Waals surface area contributed by atoms with E-state index in [2.05, 4.69) is 20.5 Å². The van der Waals surface area contributed by atoms with Crippen LogP contribution in [0.5, 0.6) is 0 Å². The molecule has 0 saturated heterocycles. The molecule has 0 saturated carbocycles. The van der Waals surface area contributed by atoms with Crippen molar-refractivity contribution in [2.24, 2.45) is 0 Å². The first kappa shape index (κ1) is 16.7. The zero-order valence-electron chi connectivity index (χ0n) is 13.4. The Morgan fingerprint density at radius 1 is 1.20 bits per heavy atom. The van der Waals surface area contributed by atoms with E-state index in [1.54, 1.807) is 31.2 Å². The van der Waals surface area contributed by atoms with Crippen LogP contribution < -0.4 is 5.32 Å². The van der Waals surface area contributed by atoms with Gasteiger partial charge in [-0.3, -0.25) is 9.89 Å². The Morgan fingerprint density at radius 3 is 2.60 bits per heavy atom. The second-order valence-electron chi connectivity index (χ2n) is 5.27. The van der Waals surface area contributed by atoms with Gasteiger partial charge in [-0.25, -0.2) is 4.98 Å². The number of hydrogen-bond donors (Lipinski definition) is 2. The van der Waals surface area contributed by atoms with Gasteiger partial charge in [-0.15, -0.1) is 5.10 Å². The number of nitrogens with one attached hydrogen (secondary N) is 2. The number of benzene rings is 2. The van der Waals surface area contributed by atoms with Gasteiger partial charge in [0.15, 0.2) is 5.82 Å². The third kappa shape index (κ3) is 4.25. The molecule has 0 bridgehead atoms. The summed E-state index contributed by atoms with van der Waals surface area (Å²) >= 11 is 1.28. The average Bonchev–Trinajstić information content (AvgIpc) is 3.11. The van der Waals surface area contributed by atoms with Crippen molar-refractivity contribution in [1.29, 1.82) is 5.26 Å². The molecular formula is C18H15N5OS. The zero-order valence-corrected chi connectivity index (χ0v) is 14.2. The molecule has 3 aromatic rings. The van der Waals surface area contributed by atoms with E-state index in [4.69, 9.17) is 5.26 Å². The van der Waals surface area contributed by atoms with Crippen LogP contribution >= 0.6 is 11.8 Å². The zero-order chi connectivity index (χ0) is 17.6. The van der Waals surface area contributed by atoms with Crippen LogP contribution in [0.15, 0.2) is 59.8 Å².